The van der Waals surface area contributed by atoms with Crippen molar-refractivity contribution in [3.05, 3.63) is 47.3 Å². The monoisotopic (exact) mass is 418 g/mol. The van der Waals surface area contributed by atoms with E-state index in [1.807, 2.05) is 20.8 Å². The topological polar surface area (TPSA) is 64.2 Å². The lowest BCUT2D eigenvalue weighted by Gasteiger charge is -2.22. The third-order valence-corrected chi connectivity index (χ3v) is 4.55. The normalized spacial score (nSPS) is 12.6. The van der Waals surface area contributed by atoms with E-state index in [0.29, 0.717) is 6.42 Å². The number of carbonyl (C=O) groups is 1. The zero-order valence-electron chi connectivity index (χ0n) is 16.3. The second-order valence-electron chi connectivity index (χ2n) is 7.08. The number of nitrogens with zero attached hydrogens (tertiary/aromatic N) is 3. The van der Waals surface area contributed by atoms with Crippen molar-refractivity contribution < 1.29 is 18.0 Å². The molecule has 1 aromatic heterocycles. The van der Waals surface area contributed by atoms with Gasteiger partial charge in [0.2, 0.25) is 0 Å². The molecule has 0 spiro atoms. The standard InChI is InChI=1S/C19H25F3N4O.ClH/c1-12(2)16(23)9-10-25(4)18(27)15-11-24-26(17(15)19(20,21)22)14-7-5-13(3)6-8-14;/h5-8,11-12,16H,9-10,23H2,1-4H3;1H. The summed E-state index contributed by atoms with van der Waals surface area (Å²) in [5.74, 6) is -0.500. The summed E-state index contributed by atoms with van der Waals surface area (Å²) in [7, 11) is 1.47. The van der Waals surface area contributed by atoms with Crippen molar-refractivity contribution in [2.24, 2.45) is 11.7 Å². The minimum absolute atomic E-state index is 0. The van der Waals surface area contributed by atoms with Gasteiger partial charge >= 0.3 is 6.18 Å². The summed E-state index contributed by atoms with van der Waals surface area (Å²) in [5.41, 5.74) is 5.58. The smallest absolute Gasteiger partial charge is 0.342 e. The van der Waals surface area contributed by atoms with Gasteiger partial charge in [0.1, 0.15) is 0 Å². The summed E-state index contributed by atoms with van der Waals surface area (Å²) >= 11 is 0. The van der Waals surface area contributed by atoms with Crippen LogP contribution in [0.5, 0.6) is 0 Å². The van der Waals surface area contributed by atoms with Crippen LogP contribution < -0.4 is 5.73 Å². The summed E-state index contributed by atoms with van der Waals surface area (Å²) in [4.78, 5) is 13.9. The van der Waals surface area contributed by atoms with Crippen LogP contribution in [-0.2, 0) is 6.18 Å². The molecule has 2 rings (SSSR count). The molecule has 9 heteroatoms. The maximum atomic E-state index is 13.7. The molecule has 1 atom stereocenters. The summed E-state index contributed by atoms with van der Waals surface area (Å²) < 4.78 is 41.9. The molecule has 0 saturated carbocycles. The van der Waals surface area contributed by atoms with Gasteiger partial charge in [-0.15, -0.1) is 12.4 Å². The fraction of sp³-hybridized carbons (Fsp3) is 0.474. The summed E-state index contributed by atoms with van der Waals surface area (Å²) in [5, 5.41) is 3.83. The van der Waals surface area contributed by atoms with Crippen LogP contribution in [0.4, 0.5) is 13.2 Å². The van der Waals surface area contributed by atoms with Crippen LogP contribution in [0.25, 0.3) is 5.69 Å². The Labute approximate surface area is 169 Å². The minimum Gasteiger partial charge on any atom is -0.342 e. The molecule has 1 amide bonds. The Morgan fingerprint density at radius 2 is 1.82 bits per heavy atom. The predicted octanol–water partition coefficient (Wildman–Crippen LogP) is 4.07. The number of nitrogens with two attached hydrogens (primary N) is 1. The average Bonchev–Trinajstić information content (AvgIpc) is 3.04. The van der Waals surface area contributed by atoms with E-state index in [9.17, 15) is 18.0 Å². The summed E-state index contributed by atoms with van der Waals surface area (Å²) in [6, 6.07) is 6.34. The predicted molar refractivity (Wildman–Crippen MR) is 105 cm³/mol. The van der Waals surface area contributed by atoms with Crippen molar-refractivity contribution in [1.82, 2.24) is 14.7 Å². The second kappa shape index (κ2) is 9.43. The highest BCUT2D eigenvalue weighted by molar-refractivity contribution is 5.95. The van der Waals surface area contributed by atoms with Gasteiger partial charge in [0.15, 0.2) is 5.69 Å². The molecule has 1 aromatic carbocycles. The highest BCUT2D eigenvalue weighted by Gasteiger charge is 2.41. The quantitative estimate of drug-likeness (QED) is 0.769. The largest absolute Gasteiger partial charge is 0.434 e. The lowest BCUT2D eigenvalue weighted by Crippen LogP contribution is -2.35. The number of hydrogen-bond donors (Lipinski definition) is 1. The molecule has 5 nitrogen and oxygen atoms in total. The molecule has 2 N–H and O–H groups in total. The van der Waals surface area contributed by atoms with Gasteiger partial charge in [-0.1, -0.05) is 31.5 Å². The van der Waals surface area contributed by atoms with Crippen LogP contribution in [0.15, 0.2) is 30.5 Å². The number of amides is 1. The Hall–Kier alpha value is -2.06. The van der Waals surface area contributed by atoms with E-state index in [2.05, 4.69) is 5.10 Å². The highest BCUT2D eigenvalue weighted by atomic mass is 35.5. The molecule has 0 fully saturated rings. The molecule has 0 radical (unpaired) electrons. The van der Waals surface area contributed by atoms with E-state index in [1.165, 1.54) is 24.1 Å². The average molecular weight is 419 g/mol. The fourth-order valence-electron chi connectivity index (χ4n) is 2.64. The second-order valence-corrected chi connectivity index (χ2v) is 7.08. The van der Waals surface area contributed by atoms with Crippen molar-refractivity contribution in [1.29, 1.82) is 0 Å². The SMILES string of the molecule is Cc1ccc(-n2ncc(C(=O)N(C)CCC(N)C(C)C)c2C(F)(F)F)cc1.Cl. The molecule has 0 aliphatic rings. The van der Waals surface area contributed by atoms with E-state index in [0.717, 1.165) is 16.4 Å². The van der Waals surface area contributed by atoms with Crippen molar-refractivity contribution in [3.63, 3.8) is 0 Å². The minimum atomic E-state index is -4.72. The zero-order valence-corrected chi connectivity index (χ0v) is 17.1. The molecular weight excluding hydrogens is 393 g/mol. The van der Waals surface area contributed by atoms with Crippen molar-refractivity contribution in [2.45, 2.75) is 39.4 Å². The molecule has 1 unspecified atom stereocenters. The van der Waals surface area contributed by atoms with Gasteiger partial charge in [-0.25, -0.2) is 4.68 Å². The molecule has 2 aromatic rings. The van der Waals surface area contributed by atoms with Gasteiger partial charge in [-0.2, -0.15) is 18.3 Å². The summed E-state index contributed by atoms with van der Waals surface area (Å²) in [6.07, 6.45) is -3.24. The number of aryl methyl sites for hydroxylation is 1. The maximum Gasteiger partial charge on any atom is 0.434 e. The van der Waals surface area contributed by atoms with Crippen molar-refractivity contribution in [3.8, 4) is 5.69 Å². The first-order valence-corrected chi connectivity index (χ1v) is 8.75. The fourth-order valence-corrected chi connectivity index (χ4v) is 2.64. The first kappa shape index (κ1) is 24.0. The van der Waals surface area contributed by atoms with Crippen molar-refractivity contribution in [2.75, 3.05) is 13.6 Å². The van der Waals surface area contributed by atoms with Crippen molar-refractivity contribution >= 4 is 18.3 Å². The molecule has 156 valence electrons. The third-order valence-electron chi connectivity index (χ3n) is 4.55. The van der Waals surface area contributed by atoms with Gasteiger partial charge in [-0.3, -0.25) is 4.79 Å². The first-order chi connectivity index (χ1) is 12.5. The molecular formula is C19H26ClF3N4O. The number of benzene rings is 1. The lowest BCUT2D eigenvalue weighted by molar-refractivity contribution is -0.143. The molecule has 0 saturated heterocycles. The van der Waals surface area contributed by atoms with Crippen LogP contribution in [0.3, 0.4) is 0 Å². The van der Waals surface area contributed by atoms with Gasteiger partial charge in [0.05, 0.1) is 17.4 Å². The van der Waals surface area contributed by atoms with Gasteiger partial charge in [0, 0.05) is 19.6 Å². The number of carbonyl (C=O) groups excluding carboxylic acids is 1. The maximum absolute atomic E-state index is 13.7. The molecule has 1 heterocycles. The number of rotatable bonds is 6. The number of hydrogen-bond acceptors (Lipinski definition) is 3. The van der Waals surface area contributed by atoms with Crippen LogP contribution >= 0.6 is 12.4 Å². The Bertz CT molecular complexity index is 787. The van der Waals surface area contributed by atoms with E-state index < -0.39 is 23.3 Å². The summed E-state index contributed by atoms with van der Waals surface area (Å²) in [6.45, 7) is 6.02. The molecule has 0 aliphatic heterocycles. The number of aromatic nitrogens is 2. The first-order valence-electron chi connectivity index (χ1n) is 8.75. The van der Waals surface area contributed by atoms with Gasteiger partial charge < -0.3 is 10.6 Å². The Morgan fingerprint density at radius 1 is 1.25 bits per heavy atom. The van der Waals surface area contributed by atoms with E-state index in [-0.39, 0.29) is 36.6 Å². The highest BCUT2D eigenvalue weighted by Crippen LogP contribution is 2.34. The van der Waals surface area contributed by atoms with Crippen LogP contribution in [0.1, 0.15) is 41.9 Å². The van der Waals surface area contributed by atoms with Gasteiger partial charge in [-0.05, 0) is 31.4 Å². The zero-order chi connectivity index (χ0) is 20.4. The van der Waals surface area contributed by atoms with Gasteiger partial charge in [0.25, 0.3) is 5.91 Å². The van der Waals surface area contributed by atoms with Crippen LogP contribution in [0, 0.1) is 12.8 Å². The Kier molecular flexibility index (Phi) is 8.07. The molecule has 0 aliphatic carbocycles. The Balaban J connectivity index is 0.00000392. The van der Waals surface area contributed by atoms with E-state index in [1.54, 1.807) is 12.1 Å². The lowest BCUT2D eigenvalue weighted by atomic mass is 10.0. The number of halogens is 4. The third kappa shape index (κ3) is 5.48. The molecule has 0 bridgehead atoms. The van der Waals surface area contributed by atoms with Crippen LogP contribution in [0.2, 0.25) is 0 Å². The van der Waals surface area contributed by atoms with E-state index in [4.69, 9.17) is 5.73 Å². The number of alkyl halides is 3. The van der Waals surface area contributed by atoms with E-state index >= 15 is 0 Å². The Morgan fingerprint density at radius 3 is 2.32 bits per heavy atom. The van der Waals surface area contributed by atoms with Crippen LogP contribution in [-0.4, -0.2) is 40.2 Å². The molecule has 28 heavy (non-hydrogen) atoms.